The smallest absolute Gasteiger partial charge is 1.00 e. The van der Waals surface area contributed by atoms with Crippen LogP contribution in [0.5, 0.6) is 5.75 Å². The van der Waals surface area contributed by atoms with Crippen LogP contribution in [0.15, 0.2) is 48.5 Å². The van der Waals surface area contributed by atoms with E-state index in [0.29, 0.717) is 0 Å². The van der Waals surface area contributed by atoms with E-state index in [4.69, 9.17) is 4.74 Å². The number of hydrogen-bond acceptors (Lipinski definition) is 1. The Hall–Kier alpha value is -0.514. The summed E-state index contributed by atoms with van der Waals surface area (Å²) in [6.07, 6.45) is 0. The summed E-state index contributed by atoms with van der Waals surface area (Å²) in [7, 11) is 1.67. The van der Waals surface area contributed by atoms with Gasteiger partial charge in [-0.05, 0) is 12.1 Å². The molecular formula is C13H11BrMgO. The molecule has 0 saturated heterocycles. The fourth-order valence-corrected chi connectivity index (χ4v) is 1.36. The van der Waals surface area contributed by atoms with E-state index in [1.807, 2.05) is 42.5 Å². The van der Waals surface area contributed by atoms with Gasteiger partial charge in [0.05, 0.1) is 7.11 Å². The molecule has 0 fully saturated rings. The molecule has 2 aromatic rings. The van der Waals surface area contributed by atoms with E-state index in [0.717, 1.165) is 5.75 Å². The summed E-state index contributed by atoms with van der Waals surface area (Å²) in [5.41, 5.74) is 2.36. The van der Waals surface area contributed by atoms with Gasteiger partial charge in [0.1, 0.15) is 5.75 Å². The number of hydrogen-bond donors (Lipinski definition) is 0. The molecule has 0 radical (unpaired) electrons. The van der Waals surface area contributed by atoms with Crippen LogP contribution in [0, 0.1) is 6.07 Å². The van der Waals surface area contributed by atoms with Crippen molar-refractivity contribution in [2.45, 2.75) is 0 Å². The second-order valence-electron chi connectivity index (χ2n) is 3.02. The van der Waals surface area contributed by atoms with Crippen molar-refractivity contribution in [3.05, 3.63) is 54.6 Å². The van der Waals surface area contributed by atoms with E-state index in [1.165, 1.54) is 11.1 Å². The van der Waals surface area contributed by atoms with Gasteiger partial charge in [-0.15, -0.1) is 5.56 Å². The zero-order valence-corrected chi connectivity index (χ0v) is 12.1. The SMILES string of the molecule is COc1ccc(-c2c[c-]ccc2)cc1.[Br-].[Mg+2]. The first-order valence-electron chi connectivity index (χ1n) is 4.51. The fourth-order valence-electron chi connectivity index (χ4n) is 1.36. The van der Waals surface area contributed by atoms with Crippen molar-refractivity contribution in [1.82, 2.24) is 0 Å². The molecule has 0 amide bonds. The quantitative estimate of drug-likeness (QED) is 0.548. The minimum Gasteiger partial charge on any atom is -1.00 e. The summed E-state index contributed by atoms with van der Waals surface area (Å²) < 4.78 is 5.10. The average Bonchev–Trinajstić information content (AvgIpc) is 2.30. The molecule has 16 heavy (non-hydrogen) atoms. The standard InChI is InChI=1S/C13H11O.BrH.Mg/c1-14-13-9-7-12(8-10-13)11-5-3-2-4-6-11;;/h2-3,5-10H,1H3;1H;/q-1;;+2/p-1. The number of benzene rings is 2. The largest absolute Gasteiger partial charge is 2.00 e. The Morgan fingerprint density at radius 2 is 1.69 bits per heavy atom. The minimum absolute atomic E-state index is 0. The van der Waals surface area contributed by atoms with Gasteiger partial charge >= 0.3 is 23.1 Å². The first-order chi connectivity index (χ1) is 6.90. The molecule has 0 spiro atoms. The normalized spacial score (nSPS) is 8.56. The first-order valence-corrected chi connectivity index (χ1v) is 4.51. The van der Waals surface area contributed by atoms with E-state index < -0.39 is 0 Å². The predicted octanol–water partition coefficient (Wildman–Crippen LogP) is -0.214. The molecule has 0 aliphatic carbocycles. The van der Waals surface area contributed by atoms with Crippen LogP contribution in [-0.4, -0.2) is 30.2 Å². The Kier molecular flexibility index (Phi) is 7.46. The summed E-state index contributed by atoms with van der Waals surface area (Å²) in [6.45, 7) is 0. The van der Waals surface area contributed by atoms with Crippen molar-refractivity contribution in [2.75, 3.05) is 7.11 Å². The van der Waals surface area contributed by atoms with Crippen LogP contribution in [0.25, 0.3) is 11.1 Å². The van der Waals surface area contributed by atoms with Crippen molar-refractivity contribution < 1.29 is 21.7 Å². The third kappa shape index (κ3) is 3.81. The zero-order valence-electron chi connectivity index (χ0n) is 9.11. The van der Waals surface area contributed by atoms with Crippen molar-refractivity contribution >= 4 is 23.1 Å². The van der Waals surface area contributed by atoms with E-state index in [2.05, 4.69) is 12.1 Å². The molecule has 0 aliphatic heterocycles. The van der Waals surface area contributed by atoms with Gasteiger partial charge in [0, 0.05) is 0 Å². The fraction of sp³-hybridized carbons (Fsp3) is 0.0769. The van der Waals surface area contributed by atoms with Crippen molar-refractivity contribution in [3.8, 4) is 16.9 Å². The molecule has 0 heterocycles. The molecule has 0 N–H and O–H groups in total. The molecular weight excluding hydrogens is 276 g/mol. The van der Waals surface area contributed by atoms with Crippen LogP contribution < -0.4 is 21.7 Å². The molecule has 0 unspecified atom stereocenters. The zero-order chi connectivity index (χ0) is 9.80. The number of halogens is 1. The third-order valence-electron chi connectivity index (χ3n) is 2.13. The van der Waals surface area contributed by atoms with Gasteiger partial charge in [-0.3, -0.25) is 0 Å². The second kappa shape index (κ2) is 7.71. The van der Waals surface area contributed by atoms with E-state index in [1.54, 1.807) is 7.11 Å². The third-order valence-corrected chi connectivity index (χ3v) is 2.13. The molecule has 3 heteroatoms. The molecule has 0 aromatic heterocycles. The van der Waals surface area contributed by atoms with Crippen LogP contribution in [-0.2, 0) is 0 Å². The summed E-state index contributed by atoms with van der Waals surface area (Å²) in [5, 5.41) is 0. The monoisotopic (exact) mass is 286 g/mol. The molecule has 78 valence electrons. The summed E-state index contributed by atoms with van der Waals surface area (Å²) in [6, 6.07) is 19.0. The number of ether oxygens (including phenoxy) is 1. The molecule has 0 atom stereocenters. The average molecular weight is 287 g/mol. The molecule has 1 nitrogen and oxygen atoms in total. The first kappa shape index (κ1) is 15.5. The summed E-state index contributed by atoms with van der Waals surface area (Å²) in [4.78, 5) is 0. The number of methoxy groups -OCH3 is 1. The maximum absolute atomic E-state index is 5.10. The van der Waals surface area contributed by atoms with Crippen LogP contribution in [0.2, 0.25) is 0 Å². The second-order valence-corrected chi connectivity index (χ2v) is 3.02. The maximum atomic E-state index is 5.10. The van der Waals surface area contributed by atoms with Crippen molar-refractivity contribution in [1.29, 1.82) is 0 Å². The Morgan fingerprint density at radius 3 is 2.19 bits per heavy atom. The maximum Gasteiger partial charge on any atom is 2.00 e. The van der Waals surface area contributed by atoms with Gasteiger partial charge in [0.15, 0.2) is 0 Å². The summed E-state index contributed by atoms with van der Waals surface area (Å²) >= 11 is 0. The van der Waals surface area contributed by atoms with Crippen molar-refractivity contribution in [3.63, 3.8) is 0 Å². The van der Waals surface area contributed by atoms with E-state index in [-0.39, 0.29) is 40.0 Å². The van der Waals surface area contributed by atoms with Gasteiger partial charge in [-0.25, -0.2) is 0 Å². The van der Waals surface area contributed by atoms with Crippen LogP contribution >= 0.6 is 0 Å². The Bertz CT molecular complexity index is 400. The Balaban J connectivity index is 0.00000112. The molecule has 0 aliphatic rings. The van der Waals surface area contributed by atoms with Crippen molar-refractivity contribution in [2.24, 2.45) is 0 Å². The molecule has 0 bridgehead atoms. The van der Waals surface area contributed by atoms with E-state index in [9.17, 15) is 0 Å². The van der Waals surface area contributed by atoms with E-state index >= 15 is 0 Å². The van der Waals surface area contributed by atoms with Crippen LogP contribution in [0.1, 0.15) is 0 Å². The van der Waals surface area contributed by atoms with Gasteiger partial charge in [0.2, 0.25) is 0 Å². The summed E-state index contributed by atoms with van der Waals surface area (Å²) in [5.74, 6) is 0.883. The predicted molar refractivity (Wildman–Crippen MR) is 63.0 cm³/mol. The van der Waals surface area contributed by atoms with Gasteiger partial charge in [0.25, 0.3) is 0 Å². The molecule has 0 saturated carbocycles. The number of rotatable bonds is 2. The van der Waals surface area contributed by atoms with Gasteiger partial charge in [-0.1, -0.05) is 17.7 Å². The van der Waals surface area contributed by atoms with Gasteiger partial charge < -0.3 is 21.7 Å². The minimum atomic E-state index is 0. The Labute approximate surface area is 123 Å². The molecule has 2 rings (SSSR count). The molecule has 2 aromatic carbocycles. The Morgan fingerprint density at radius 1 is 1.00 bits per heavy atom. The topological polar surface area (TPSA) is 9.23 Å². The van der Waals surface area contributed by atoms with Gasteiger partial charge in [-0.2, -0.15) is 30.3 Å². The van der Waals surface area contributed by atoms with Crippen LogP contribution in [0.3, 0.4) is 0 Å². The van der Waals surface area contributed by atoms with Crippen LogP contribution in [0.4, 0.5) is 0 Å².